The van der Waals surface area contributed by atoms with Gasteiger partial charge in [0.15, 0.2) is 0 Å². The fraction of sp³-hybridized carbons (Fsp3) is 1.00. The maximum atomic E-state index is 6.00. The van der Waals surface area contributed by atoms with Crippen LogP contribution in [-0.4, -0.2) is 43.8 Å². The predicted molar refractivity (Wildman–Crippen MR) is 66.4 cm³/mol. The Bertz CT molecular complexity index is 210. The molecule has 1 unspecified atom stereocenters. The number of hydrogen-bond donors (Lipinski definition) is 1. The first-order chi connectivity index (χ1) is 7.79. The van der Waals surface area contributed by atoms with E-state index in [2.05, 4.69) is 11.8 Å². The largest absolute Gasteiger partial charge is 0.381 e. The van der Waals surface area contributed by atoms with Crippen molar-refractivity contribution < 1.29 is 4.74 Å². The number of rotatable bonds is 6. The Morgan fingerprint density at radius 1 is 1.44 bits per heavy atom. The molecule has 2 N–H and O–H groups in total. The Balaban J connectivity index is 1.91. The van der Waals surface area contributed by atoms with Crippen molar-refractivity contribution in [2.75, 3.05) is 32.8 Å². The van der Waals surface area contributed by atoms with E-state index in [-0.39, 0.29) is 5.41 Å². The Morgan fingerprint density at radius 2 is 2.25 bits per heavy atom. The highest BCUT2D eigenvalue weighted by atomic mass is 16.5. The zero-order chi connectivity index (χ0) is 11.4. The van der Waals surface area contributed by atoms with E-state index in [9.17, 15) is 0 Å². The molecule has 0 aromatic heterocycles. The van der Waals surface area contributed by atoms with E-state index in [4.69, 9.17) is 10.5 Å². The number of ether oxygens (including phenoxy) is 1. The van der Waals surface area contributed by atoms with Gasteiger partial charge in [0.2, 0.25) is 0 Å². The SMILES string of the molecule is CCCN(CC1(CN)CCCOC1)C1CC1. The van der Waals surface area contributed by atoms with Crippen molar-refractivity contribution >= 4 is 0 Å². The second kappa shape index (κ2) is 5.48. The summed E-state index contributed by atoms with van der Waals surface area (Å²) in [4.78, 5) is 2.65. The summed E-state index contributed by atoms with van der Waals surface area (Å²) >= 11 is 0. The van der Waals surface area contributed by atoms with Crippen LogP contribution in [-0.2, 0) is 4.74 Å². The molecule has 1 atom stereocenters. The molecule has 1 heterocycles. The molecule has 94 valence electrons. The molecule has 1 saturated heterocycles. The molecular weight excluding hydrogens is 200 g/mol. The summed E-state index contributed by atoms with van der Waals surface area (Å²) in [6.07, 6.45) is 6.46. The first-order valence-corrected chi connectivity index (χ1v) is 6.81. The van der Waals surface area contributed by atoms with Gasteiger partial charge in [-0.1, -0.05) is 6.92 Å². The van der Waals surface area contributed by atoms with E-state index in [1.807, 2.05) is 0 Å². The van der Waals surface area contributed by atoms with Crippen LogP contribution in [0.3, 0.4) is 0 Å². The highest BCUT2D eigenvalue weighted by molar-refractivity contribution is 4.92. The van der Waals surface area contributed by atoms with Crippen LogP contribution in [0.2, 0.25) is 0 Å². The lowest BCUT2D eigenvalue weighted by Gasteiger charge is -2.40. The summed E-state index contributed by atoms with van der Waals surface area (Å²) in [7, 11) is 0. The summed E-state index contributed by atoms with van der Waals surface area (Å²) in [5.74, 6) is 0. The summed E-state index contributed by atoms with van der Waals surface area (Å²) < 4.78 is 5.65. The molecule has 1 aliphatic heterocycles. The molecule has 1 saturated carbocycles. The number of hydrogen-bond acceptors (Lipinski definition) is 3. The van der Waals surface area contributed by atoms with E-state index in [0.29, 0.717) is 0 Å². The normalized spacial score (nSPS) is 30.9. The van der Waals surface area contributed by atoms with Gasteiger partial charge in [0.05, 0.1) is 6.61 Å². The summed E-state index contributed by atoms with van der Waals surface area (Å²) in [6.45, 7) is 7.23. The van der Waals surface area contributed by atoms with Crippen LogP contribution in [0.1, 0.15) is 39.0 Å². The van der Waals surface area contributed by atoms with Crippen LogP contribution < -0.4 is 5.73 Å². The molecule has 16 heavy (non-hydrogen) atoms. The van der Waals surface area contributed by atoms with Crippen molar-refractivity contribution in [1.29, 1.82) is 0 Å². The van der Waals surface area contributed by atoms with Gasteiger partial charge in [0.1, 0.15) is 0 Å². The third kappa shape index (κ3) is 2.96. The minimum absolute atomic E-state index is 0.246. The Morgan fingerprint density at radius 3 is 2.75 bits per heavy atom. The van der Waals surface area contributed by atoms with Crippen molar-refractivity contribution in [3.8, 4) is 0 Å². The Labute approximate surface area is 99.3 Å². The molecule has 3 nitrogen and oxygen atoms in total. The highest BCUT2D eigenvalue weighted by Crippen LogP contribution is 2.34. The minimum atomic E-state index is 0.246. The maximum Gasteiger partial charge on any atom is 0.0546 e. The van der Waals surface area contributed by atoms with Crippen molar-refractivity contribution in [1.82, 2.24) is 4.90 Å². The van der Waals surface area contributed by atoms with Crippen molar-refractivity contribution in [3.63, 3.8) is 0 Å². The van der Waals surface area contributed by atoms with E-state index in [0.717, 1.165) is 32.3 Å². The molecule has 2 fully saturated rings. The molecule has 1 aliphatic carbocycles. The summed E-state index contributed by atoms with van der Waals surface area (Å²) in [5, 5.41) is 0. The van der Waals surface area contributed by atoms with Crippen LogP contribution >= 0.6 is 0 Å². The fourth-order valence-corrected chi connectivity index (χ4v) is 2.81. The van der Waals surface area contributed by atoms with Crippen molar-refractivity contribution in [2.24, 2.45) is 11.1 Å². The second-order valence-corrected chi connectivity index (χ2v) is 5.56. The van der Waals surface area contributed by atoms with Gasteiger partial charge in [0.25, 0.3) is 0 Å². The molecular formula is C13H26N2O. The van der Waals surface area contributed by atoms with Gasteiger partial charge in [-0.3, -0.25) is 4.90 Å². The average Bonchev–Trinajstić information content (AvgIpc) is 3.14. The van der Waals surface area contributed by atoms with Crippen LogP contribution in [0.25, 0.3) is 0 Å². The molecule has 0 amide bonds. The molecule has 2 aliphatic rings. The Kier molecular flexibility index (Phi) is 4.22. The summed E-state index contributed by atoms with van der Waals surface area (Å²) in [5.41, 5.74) is 6.24. The van der Waals surface area contributed by atoms with E-state index in [1.54, 1.807) is 0 Å². The highest BCUT2D eigenvalue weighted by Gasteiger charge is 2.37. The molecule has 0 aromatic rings. The second-order valence-electron chi connectivity index (χ2n) is 5.56. The van der Waals surface area contributed by atoms with Crippen LogP contribution in [0.5, 0.6) is 0 Å². The number of nitrogens with two attached hydrogens (primary N) is 1. The van der Waals surface area contributed by atoms with Gasteiger partial charge >= 0.3 is 0 Å². The van der Waals surface area contributed by atoms with Crippen molar-refractivity contribution in [3.05, 3.63) is 0 Å². The van der Waals surface area contributed by atoms with Gasteiger partial charge in [-0.25, -0.2) is 0 Å². The topological polar surface area (TPSA) is 38.5 Å². The lowest BCUT2D eigenvalue weighted by molar-refractivity contribution is -0.0232. The summed E-state index contributed by atoms with van der Waals surface area (Å²) in [6, 6.07) is 0.852. The van der Waals surface area contributed by atoms with Gasteiger partial charge in [-0.05, 0) is 38.6 Å². The van der Waals surface area contributed by atoms with Crippen molar-refractivity contribution in [2.45, 2.75) is 45.1 Å². The third-order valence-corrected chi connectivity index (χ3v) is 3.95. The van der Waals surface area contributed by atoms with Gasteiger partial charge in [-0.15, -0.1) is 0 Å². The lowest BCUT2D eigenvalue weighted by Crippen LogP contribution is -2.48. The molecule has 0 radical (unpaired) electrons. The average molecular weight is 226 g/mol. The zero-order valence-corrected chi connectivity index (χ0v) is 10.6. The standard InChI is InChI=1S/C13H26N2O/c1-2-7-15(12-4-5-12)10-13(9-14)6-3-8-16-11-13/h12H,2-11,14H2,1H3. The monoisotopic (exact) mass is 226 g/mol. The molecule has 0 spiro atoms. The van der Waals surface area contributed by atoms with E-state index >= 15 is 0 Å². The first kappa shape index (κ1) is 12.3. The van der Waals surface area contributed by atoms with Crippen LogP contribution in [0, 0.1) is 5.41 Å². The predicted octanol–water partition coefficient (Wildman–Crippen LogP) is 1.62. The molecule has 3 heteroatoms. The van der Waals surface area contributed by atoms with Crippen LogP contribution in [0.4, 0.5) is 0 Å². The van der Waals surface area contributed by atoms with E-state index in [1.165, 1.54) is 38.6 Å². The quantitative estimate of drug-likeness (QED) is 0.748. The van der Waals surface area contributed by atoms with Gasteiger partial charge in [-0.2, -0.15) is 0 Å². The zero-order valence-electron chi connectivity index (χ0n) is 10.6. The molecule has 2 rings (SSSR count). The number of nitrogens with zero attached hydrogens (tertiary/aromatic N) is 1. The van der Waals surface area contributed by atoms with Gasteiger partial charge < -0.3 is 10.5 Å². The fourth-order valence-electron chi connectivity index (χ4n) is 2.81. The molecule has 0 bridgehead atoms. The molecule has 0 aromatic carbocycles. The van der Waals surface area contributed by atoms with Crippen LogP contribution in [0.15, 0.2) is 0 Å². The smallest absolute Gasteiger partial charge is 0.0546 e. The van der Waals surface area contributed by atoms with Gasteiger partial charge in [0, 0.05) is 31.2 Å². The minimum Gasteiger partial charge on any atom is -0.381 e. The Hall–Kier alpha value is -0.120. The van der Waals surface area contributed by atoms with E-state index < -0.39 is 0 Å². The lowest BCUT2D eigenvalue weighted by atomic mass is 9.82. The maximum absolute atomic E-state index is 6.00. The third-order valence-electron chi connectivity index (χ3n) is 3.95. The first-order valence-electron chi connectivity index (χ1n) is 6.81.